The minimum atomic E-state index is -0.811. The van der Waals surface area contributed by atoms with Gasteiger partial charge >= 0.3 is 0 Å². The molecule has 0 spiro atoms. The summed E-state index contributed by atoms with van der Waals surface area (Å²) in [6.45, 7) is 7.01. The van der Waals surface area contributed by atoms with Crippen molar-refractivity contribution in [2.75, 3.05) is 13.1 Å². The monoisotopic (exact) mass is 610 g/mol. The Hall–Kier alpha value is -5.07. The van der Waals surface area contributed by atoms with E-state index in [-0.39, 0.29) is 30.1 Å². The van der Waals surface area contributed by atoms with Crippen LogP contribution in [0.2, 0.25) is 0 Å². The molecule has 13 nitrogen and oxygen atoms in total. The molecule has 0 saturated heterocycles. The average molecular weight is 611 g/mol. The van der Waals surface area contributed by atoms with Crippen LogP contribution in [0.5, 0.6) is 0 Å². The number of aromatic nitrogens is 7. The molecule has 13 heteroatoms. The molecule has 0 aliphatic carbocycles. The number of hydrogen-bond donors (Lipinski definition) is 3. The van der Waals surface area contributed by atoms with E-state index in [0.717, 1.165) is 16.5 Å². The minimum absolute atomic E-state index is 0.151. The van der Waals surface area contributed by atoms with E-state index < -0.39 is 12.1 Å². The molecule has 5 heterocycles. The Morgan fingerprint density at radius 1 is 1.02 bits per heavy atom. The van der Waals surface area contributed by atoms with Crippen molar-refractivity contribution in [3.63, 3.8) is 0 Å². The average Bonchev–Trinajstić information content (AvgIpc) is 3.75. The number of aryl methyl sites for hydroxylation is 1. The first kappa shape index (κ1) is 30.0. The van der Waals surface area contributed by atoms with Crippen LogP contribution in [0.4, 0.5) is 0 Å². The third-order valence-electron chi connectivity index (χ3n) is 8.11. The molecule has 3 amide bonds. The topological polar surface area (TPSA) is 155 Å². The van der Waals surface area contributed by atoms with Gasteiger partial charge in [0.15, 0.2) is 5.65 Å². The van der Waals surface area contributed by atoms with Gasteiger partial charge in [-0.1, -0.05) is 38.1 Å². The zero-order chi connectivity index (χ0) is 31.5. The lowest BCUT2D eigenvalue weighted by molar-refractivity contribution is -0.129. The summed E-state index contributed by atoms with van der Waals surface area (Å²) in [6.07, 6.45) is 4.80. The summed E-state index contributed by atoms with van der Waals surface area (Å²) in [5.41, 5.74) is 2.86. The van der Waals surface area contributed by atoms with Crippen LogP contribution in [-0.4, -0.2) is 76.1 Å². The van der Waals surface area contributed by atoms with Crippen molar-refractivity contribution in [1.82, 2.24) is 49.9 Å². The number of para-hydroxylation sites is 1. The summed E-state index contributed by atoms with van der Waals surface area (Å²) in [5.74, 6) is 0.683. The highest BCUT2D eigenvalue weighted by Gasteiger charge is 2.29. The van der Waals surface area contributed by atoms with Gasteiger partial charge in [0.25, 0.3) is 5.91 Å². The summed E-state index contributed by atoms with van der Waals surface area (Å²) >= 11 is 0. The van der Waals surface area contributed by atoms with Crippen molar-refractivity contribution in [3.8, 4) is 0 Å². The maximum atomic E-state index is 13.9. The van der Waals surface area contributed by atoms with E-state index in [1.165, 1.54) is 10.8 Å². The van der Waals surface area contributed by atoms with Crippen LogP contribution in [0.15, 0.2) is 55.0 Å². The quantitative estimate of drug-likeness (QED) is 0.276. The number of aromatic amines is 1. The second-order valence-electron chi connectivity index (χ2n) is 12.0. The lowest BCUT2D eigenvalue weighted by atomic mass is 10.0. The molecular weight excluding hydrogens is 572 g/mol. The lowest BCUT2D eigenvalue weighted by Crippen LogP contribution is -2.49. The maximum Gasteiger partial charge on any atom is 0.272 e. The Morgan fingerprint density at radius 2 is 1.87 bits per heavy atom. The van der Waals surface area contributed by atoms with Crippen LogP contribution in [-0.2, 0) is 22.6 Å². The van der Waals surface area contributed by atoms with E-state index in [1.807, 2.05) is 37.4 Å². The summed E-state index contributed by atoms with van der Waals surface area (Å²) in [5, 5.41) is 16.1. The number of amides is 3. The molecule has 5 aromatic rings. The molecule has 4 aromatic heterocycles. The fourth-order valence-corrected chi connectivity index (χ4v) is 5.99. The van der Waals surface area contributed by atoms with E-state index in [0.29, 0.717) is 61.9 Å². The SMILES string of the molecule is Cc1nc2n(n1)CCN(C(=O)c1cccc3ncnn13)CCCC(=O)N[C@H](Cc1c[nH]c3ccccc13)C(=O)N[C@H]2CC(C)C. The fraction of sp³-hybridized carbons (Fsp3) is 0.406. The Labute approximate surface area is 260 Å². The van der Waals surface area contributed by atoms with Crippen LogP contribution in [0.3, 0.4) is 0 Å². The number of carbonyl (C=O) groups excluding carboxylic acids is 3. The van der Waals surface area contributed by atoms with Gasteiger partial charge in [-0.05, 0) is 49.4 Å². The van der Waals surface area contributed by atoms with Gasteiger partial charge in [-0.3, -0.25) is 14.4 Å². The van der Waals surface area contributed by atoms with Crippen LogP contribution in [0, 0.1) is 12.8 Å². The van der Waals surface area contributed by atoms with Crippen LogP contribution >= 0.6 is 0 Å². The number of carbonyl (C=O) groups is 3. The largest absolute Gasteiger partial charge is 0.361 e. The standard InChI is InChI=1S/C32H38N10O3/c1-20(2)16-25-30-36-21(3)39-41(30)15-14-40(32(45)27-10-6-11-28-34-19-35-42(27)28)13-7-12-29(43)37-26(31(44)38-25)17-22-18-33-24-9-5-4-8-23(22)24/h4-6,8-11,18-20,25-26,33H,7,12-17H2,1-3H3,(H,37,43)(H,38,44)/t25-,26+/m0/s1. The van der Waals surface area contributed by atoms with Gasteiger partial charge in [0, 0.05) is 43.0 Å². The molecule has 1 aromatic carbocycles. The molecular formula is C32H38N10O3. The highest BCUT2D eigenvalue weighted by atomic mass is 16.2. The first-order chi connectivity index (χ1) is 21.8. The third-order valence-corrected chi connectivity index (χ3v) is 8.11. The molecule has 6 rings (SSSR count). The Balaban J connectivity index is 1.33. The zero-order valence-electron chi connectivity index (χ0n) is 25.7. The van der Waals surface area contributed by atoms with E-state index >= 15 is 0 Å². The molecule has 0 saturated carbocycles. The molecule has 0 bridgehead atoms. The molecule has 3 N–H and O–H groups in total. The molecule has 2 atom stereocenters. The van der Waals surface area contributed by atoms with Crippen LogP contribution < -0.4 is 10.6 Å². The third kappa shape index (κ3) is 6.56. The van der Waals surface area contributed by atoms with Gasteiger partial charge in [-0.25, -0.2) is 19.2 Å². The predicted molar refractivity (Wildman–Crippen MR) is 167 cm³/mol. The van der Waals surface area contributed by atoms with Gasteiger partial charge in [-0.15, -0.1) is 0 Å². The summed E-state index contributed by atoms with van der Waals surface area (Å²) in [7, 11) is 0. The fourth-order valence-electron chi connectivity index (χ4n) is 5.99. The van der Waals surface area contributed by atoms with Crippen molar-refractivity contribution in [2.45, 2.75) is 65.1 Å². The maximum absolute atomic E-state index is 13.9. The normalized spacial score (nSPS) is 18.5. The number of benzene rings is 1. The smallest absolute Gasteiger partial charge is 0.272 e. The van der Waals surface area contributed by atoms with Gasteiger partial charge < -0.3 is 20.5 Å². The first-order valence-corrected chi connectivity index (χ1v) is 15.4. The highest BCUT2D eigenvalue weighted by Crippen LogP contribution is 2.23. The molecule has 1 aliphatic rings. The van der Waals surface area contributed by atoms with Crippen molar-refractivity contribution >= 4 is 34.3 Å². The molecule has 0 fully saturated rings. The number of hydrogen-bond acceptors (Lipinski definition) is 7. The predicted octanol–water partition coefficient (Wildman–Crippen LogP) is 2.98. The molecule has 45 heavy (non-hydrogen) atoms. The number of nitrogens with one attached hydrogen (secondary N) is 3. The minimum Gasteiger partial charge on any atom is -0.361 e. The van der Waals surface area contributed by atoms with Crippen molar-refractivity contribution in [2.24, 2.45) is 5.92 Å². The van der Waals surface area contributed by atoms with Crippen LogP contribution in [0.1, 0.15) is 66.9 Å². The van der Waals surface area contributed by atoms with Crippen molar-refractivity contribution < 1.29 is 14.4 Å². The number of pyridine rings is 1. The molecule has 0 radical (unpaired) electrons. The summed E-state index contributed by atoms with van der Waals surface area (Å²) < 4.78 is 3.31. The van der Waals surface area contributed by atoms with E-state index in [9.17, 15) is 14.4 Å². The molecule has 1 aliphatic heterocycles. The van der Waals surface area contributed by atoms with Gasteiger partial charge in [-0.2, -0.15) is 10.2 Å². The highest BCUT2D eigenvalue weighted by molar-refractivity contribution is 5.93. The Bertz CT molecular complexity index is 1840. The number of fused-ring (bicyclic) bond motifs is 3. The van der Waals surface area contributed by atoms with E-state index in [2.05, 4.69) is 44.6 Å². The number of rotatable bonds is 5. The van der Waals surface area contributed by atoms with Gasteiger partial charge in [0.1, 0.15) is 29.7 Å². The lowest BCUT2D eigenvalue weighted by Gasteiger charge is -2.27. The van der Waals surface area contributed by atoms with E-state index in [1.54, 1.807) is 27.8 Å². The zero-order valence-corrected chi connectivity index (χ0v) is 25.7. The summed E-state index contributed by atoms with van der Waals surface area (Å²) in [4.78, 5) is 55.0. The number of H-pyrrole nitrogens is 1. The van der Waals surface area contributed by atoms with Crippen LogP contribution in [0.25, 0.3) is 16.6 Å². The summed E-state index contributed by atoms with van der Waals surface area (Å²) in [6, 6.07) is 11.9. The van der Waals surface area contributed by atoms with Crippen molar-refractivity contribution in [3.05, 3.63) is 77.9 Å². The number of nitrogens with zero attached hydrogens (tertiary/aromatic N) is 7. The van der Waals surface area contributed by atoms with Gasteiger partial charge in [0.2, 0.25) is 11.8 Å². The second kappa shape index (κ2) is 12.9. The van der Waals surface area contributed by atoms with Gasteiger partial charge in [0.05, 0.1) is 12.6 Å². The Kier molecular flexibility index (Phi) is 8.58. The first-order valence-electron chi connectivity index (χ1n) is 15.4. The Morgan fingerprint density at radius 3 is 2.71 bits per heavy atom. The molecule has 0 unspecified atom stereocenters. The van der Waals surface area contributed by atoms with Crippen molar-refractivity contribution in [1.29, 1.82) is 0 Å². The second-order valence-corrected chi connectivity index (χ2v) is 12.0. The molecule has 234 valence electrons. The van der Waals surface area contributed by atoms with E-state index in [4.69, 9.17) is 4.98 Å².